The van der Waals surface area contributed by atoms with Gasteiger partial charge in [0.2, 0.25) is 0 Å². The highest BCUT2D eigenvalue weighted by Crippen LogP contribution is 2.34. The van der Waals surface area contributed by atoms with Crippen LogP contribution in [-0.4, -0.2) is 61.3 Å². The number of hydrogen-bond acceptors (Lipinski definition) is 6. The highest BCUT2D eigenvalue weighted by atomic mass is 19.1. The first-order valence-corrected chi connectivity index (χ1v) is 13.1. The Labute approximate surface area is 223 Å². The van der Waals surface area contributed by atoms with E-state index in [-0.39, 0.29) is 5.82 Å². The molecule has 0 amide bonds. The zero-order chi connectivity index (χ0) is 26.2. The van der Waals surface area contributed by atoms with E-state index < -0.39 is 0 Å². The number of nitrogens with zero attached hydrogens (tertiary/aromatic N) is 5. The van der Waals surface area contributed by atoms with Crippen LogP contribution in [0, 0.1) is 5.82 Å². The third-order valence-corrected chi connectivity index (χ3v) is 7.23. The van der Waals surface area contributed by atoms with Crippen molar-refractivity contribution in [1.29, 1.82) is 0 Å². The minimum Gasteiger partial charge on any atom is -0.492 e. The van der Waals surface area contributed by atoms with E-state index in [0.29, 0.717) is 40.6 Å². The summed E-state index contributed by atoms with van der Waals surface area (Å²) in [6, 6.07) is 16.7. The van der Waals surface area contributed by atoms with Crippen LogP contribution in [0.4, 0.5) is 4.39 Å². The number of benzene rings is 2. The molecule has 4 aromatic heterocycles. The summed E-state index contributed by atoms with van der Waals surface area (Å²) < 4.78 is 20.6. The molecule has 0 spiro atoms. The Morgan fingerprint density at radius 1 is 0.949 bits per heavy atom. The van der Waals surface area contributed by atoms with Crippen molar-refractivity contribution in [1.82, 2.24) is 35.0 Å². The minimum absolute atomic E-state index is 0.352. The molecule has 0 unspecified atom stereocenters. The van der Waals surface area contributed by atoms with Crippen LogP contribution in [0.2, 0.25) is 0 Å². The summed E-state index contributed by atoms with van der Waals surface area (Å²) in [7, 11) is 0. The number of aromatic nitrogens is 6. The lowest BCUT2D eigenvalue weighted by molar-refractivity contribution is 0.237. The molecule has 8 nitrogen and oxygen atoms in total. The molecule has 1 aliphatic heterocycles. The van der Waals surface area contributed by atoms with Gasteiger partial charge in [0.05, 0.1) is 11.0 Å². The Hall–Kier alpha value is -4.63. The Bertz CT molecular complexity index is 1770. The first-order valence-electron chi connectivity index (χ1n) is 13.1. The van der Waals surface area contributed by atoms with Crippen molar-refractivity contribution in [2.45, 2.75) is 12.8 Å². The number of pyridine rings is 2. The highest BCUT2D eigenvalue weighted by Gasteiger charge is 2.17. The van der Waals surface area contributed by atoms with E-state index >= 15 is 0 Å². The number of nitrogens with one attached hydrogen (secondary N) is 2. The first kappa shape index (κ1) is 23.5. The van der Waals surface area contributed by atoms with Crippen molar-refractivity contribution in [3.8, 4) is 39.5 Å². The number of rotatable bonds is 7. The Kier molecular flexibility index (Phi) is 5.97. The van der Waals surface area contributed by atoms with Gasteiger partial charge >= 0.3 is 0 Å². The molecular formula is C30H26FN7O. The van der Waals surface area contributed by atoms with Gasteiger partial charge in [-0.1, -0.05) is 12.1 Å². The summed E-state index contributed by atoms with van der Waals surface area (Å²) in [5.74, 6) is 0.739. The van der Waals surface area contributed by atoms with Gasteiger partial charge in [0, 0.05) is 47.7 Å². The maximum absolute atomic E-state index is 14.7. The number of imidazole rings is 1. The lowest BCUT2D eigenvalue weighted by Gasteiger charge is -2.15. The fraction of sp³-hybridized carbons (Fsp3) is 0.200. The van der Waals surface area contributed by atoms with Crippen LogP contribution in [0.5, 0.6) is 5.75 Å². The van der Waals surface area contributed by atoms with Crippen molar-refractivity contribution < 1.29 is 9.13 Å². The molecule has 1 fully saturated rings. The number of hydrogen-bond donors (Lipinski definition) is 2. The Balaban J connectivity index is 1.23. The van der Waals surface area contributed by atoms with E-state index in [0.717, 1.165) is 47.2 Å². The predicted octanol–water partition coefficient (Wildman–Crippen LogP) is 5.84. The molecule has 0 atom stereocenters. The number of halogens is 1. The maximum Gasteiger partial charge on any atom is 0.178 e. The van der Waals surface area contributed by atoms with Gasteiger partial charge in [-0.05, 0) is 73.5 Å². The fourth-order valence-electron chi connectivity index (χ4n) is 5.27. The number of H-pyrrole nitrogens is 2. The van der Waals surface area contributed by atoms with Gasteiger partial charge in [0.1, 0.15) is 23.9 Å². The smallest absolute Gasteiger partial charge is 0.178 e. The molecule has 5 heterocycles. The van der Waals surface area contributed by atoms with Crippen LogP contribution in [-0.2, 0) is 0 Å². The maximum atomic E-state index is 14.7. The largest absolute Gasteiger partial charge is 0.492 e. The summed E-state index contributed by atoms with van der Waals surface area (Å²) in [6.07, 6.45) is 7.74. The van der Waals surface area contributed by atoms with Gasteiger partial charge in [-0.15, -0.1) is 0 Å². The monoisotopic (exact) mass is 519 g/mol. The van der Waals surface area contributed by atoms with Crippen LogP contribution in [0.15, 0.2) is 73.2 Å². The molecule has 0 aliphatic carbocycles. The van der Waals surface area contributed by atoms with E-state index in [9.17, 15) is 4.39 Å². The van der Waals surface area contributed by atoms with Gasteiger partial charge < -0.3 is 9.72 Å². The SMILES string of the molecule is Fc1cc(OCCN2CCCC2)cc(-c2ccnc3nc(-c4n[nH]c5ccc(-c6cccnc6)cc45)[nH]c23)c1. The molecule has 0 saturated carbocycles. The average molecular weight is 520 g/mol. The summed E-state index contributed by atoms with van der Waals surface area (Å²) in [5.41, 5.74) is 6.36. The lowest BCUT2D eigenvalue weighted by atomic mass is 10.0. The van der Waals surface area contributed by atoms with Gasteiger partial charge in [-0.2, -0.15) is 5.10 Å². The third-order valence-electron chi connectivity index (χ3n) is 7.23. The second-order valence-corrected chi connectivity index (χ2v) is 9.79. The van der Waals surface area contributed by atoms with Crippen LogP contribution in [0.1, 0.15) is 12.8 Å². The van der Waals surface area contributed by atoms with Crippen molar-refractivity contribution in [3.05, 3.63) is 79.0 Å². The number of aromatic amines is 2. The minimum atomic E-state index is -0.352. The highest BCUT2D eigenvalue weighted by molar-refractivity contribution is 5.97. The second kappa shape index (κ2) is 9.92. The summed E-state index contributed by atoms with van der Waals surface area (Å²) in [6.45, 7) is 3.57. The van der Waals surface area contributed by atoms with Crippen molar-refractivity contribution in [2.24, 2.45) is 0 Å². The standard InChI is InChI=1S/C30H26FN7O/c31-22-14-21(15-23(17-22)39-13-12-38-10-1-2-11-38)24-7-9-33-29-27(24)34-30(35-29)28-25-16-19(5-6-26(25)36-37-28)20-4-3-8-32-18-20/h3-9,14-18H,1-2,10-13H2,(H,36,37)(H,33,34,35). The van der Waals surface area contributed by atoms with E-state index in [1.54, 1.807) is 12.4 Å². The normalized spacial score (nSPS) is 14.0. The lowest BCUT2D eigenvalue weighted by Crippen LogP contribution is -2.25. The summed E-state index contributed by atoms with van der Waals surface area (Å²) >= 11 is 0. The molecule has 1 saturated heterocycles. The summed E-state index contributed by atoms with van der Waals surface area (Å²) in [5, 5.41) is 8.57. The van der Waals surface area contributed by atoms with Crippen LogP contribution < -0.4 is 4.74 Å². The zero-order valence-corrected chi connectivity index (χ0v) is 21.2. The first-order chi connectivity index (χ1) is 19.2. The van der Waals surface area contributed by atoms with Crippen molar-refractivity contribution in [3.63, 3.8) is 0 Å². The molecule has 9 heteroatoms. The van der Waals surface area contributed by atoms with Crippen molar-refractivity contribution >= 4 is 22.1 Å². The third kappa shape index (κ3) is 4.61. The molecule has 6 aromatic rings. The van der Waals surface area contributed by atoms with E-state index in [2.05, 4.69) is 36.1 Å². The Morgan fingerprint density at radius 2 is 1.87 bits per heavy atom. The van der Waals surface area contributed by atoms with Gasteiger partial charge in [-0.25, -0.2) is 14.4 Å². The number of fused-ring (bicyclic) bond motifs is 2. The van der Waals surface area contributed by atoms with Crippen molar-refractivity contribution in [2.75, 3.05) is 26.2 Å². The van der Waals surface area contributed by atoms with Crippen LogP contribution >= 0.6 is 0 Å². The molecule has 2 N–H and O–H groups in total. The molecule has 2 aromatic carbocycles. The molecular weight excluding hydrogens is 493 g/mol. The number of ether oxygens (including phenoxy) is 1. The van der Waals surface area contributed by atoms with Gasteiger partial charge in [-0.3, -0.25) is 15.0 Å². The van der Waals surface area contributed by atoms with E-state index in [1.807, 2.05) is 42.6 Å². The number of likely N-dealkylation sites (tertiary alicyclic amines) is 1. The Morgan fingerprint density at radius 3 is 2.74 bits per heavy atom. The zero-order valence-electron chi connectivity index (χ0n) is 21.2. The summed E-state index contributed by atoms with van der Waals surface area (Å²) in [4.78, 5) is 19.2. The van der Waals surface area contributed by atoms with Gasteiger partial charge in [0.25, 0.3) is 0 Å². The second-order valence-electron chi connectivity index (χ2n) is 9.79. The average Bonchev–Trinajstić information content (AvgIpc) is 3.72. The quantitative estimate of drug-likeness (QED) is 0.275. The molecule has 194 valence electrons. The van der Waals surface area contributed by atoms with Gasteiger partial charge in [0.15, 0.2) is 11.5 Å². The van der Waals surface area contributed by atoms with E-state index in [4.69, 9.17) is 9.72 Å². The van der Waals surface area contributed by atoms with E-state index in [1.165, 1.54) is 25.0 Å². The van der Waals surface area contributed by atoms with Crippen LogP contribution in [0.25, 0.3) is 55.8 Å². The molecule has 0 bridgehead atoms. The molecule has 7 rings (SSSR count). The molecule has 39 heavy (non-hydrogen) atoms. The topological polar surface area (TPSA) is 95.6 Å². The molecule has 0 radical (unpaired) electrons. The molecule has 1 aliphatic rings. The van der Waals surface area contributed by atoms with Crippen LogP contribution in [0.3, 0.4) is 0 Å². The predicted molar refractivity (Wildman–Crippen MR) is 149 cm³/mol. The fourth-order valence-corrected chi connectivity index (χ4v) is 5.27.